The van der Waals surface area contributed by atoms with Crippen molar-refractivity contribution in [1.82, 2.24) is 4.57 Å². The van der Waals surface area contributed by atoms with Crippen LogP contribution in [-0.2, 0) is 4.74 Å². The summed E-state index contributed by atoms with van der Waals surface area (Å²) in [5, 5.41) is -0.303. The first-order valence-corrected chi connectivity index (χ1v) is 11.1. The first kappa shape index (κ1) is 21.2. The number of nitrogens with two attached hydrogens (primary N) is 1. The van der Waals surface area contributed by atoms with E-state index in [4.69, 9.17) is 10.5 Å². The topological polar surface area (TPSA) is 74.3 Å². The number of carbonyl (C=O) groups excluding carboxylic acids is 1. The van der Waals surface area contributed by atoms with Gasteiger partial charge >= 0.3 is 5.97 Å². The van der Waals surface area contributed by atoms with Gasteiger partial charge in [0.1, 0.15) is 16.8 Å². The summed E-state index contributed by atoms with van der Waals surface area (Å²) in [6.45, 7) is 1.70. The van der Waals surface area contributed by atoms with Crippen molar-refractivity contribution >= 4 is 34.3 Å². The Morgan fingerprint density at radius 2 is 1.82 bits per heavy atom. The molecule has 1 aliphatic heterocycles. The number of ether oxygens (including phenoxy) is 1. The normalized spacial score (nSPS) is 14.6. The first-order chi connectivity index (χ1) is 15.9. The van der Waals surface area contributed by atoms with E-state index >= 15 is 8.78 Å². The average molecular weight is 464 g/mol. The Bertz CT molecular complexity index is 1470. The fourth-order valence-electron chi connectivity index (χ4n) is 4.05. The van der Waals surface area contributed by atoms with Crippen LogP contribution < -0.4 is 11.2 Å². The third kappa shape index (κ3) is 3.29. The summed E-state index contributed by atoms with van der Waals surface area (Å²) >= 11 is 1.26. The number of pyridine rings is 1. The van der Waals surface area contributed by atoms with E-state index in [2.05, 4.69) is 0 Å². The molecule has 8 heteroatoms. The lowest BCUT2D eigenvalue weighted by molar-refractivity contribution is 0.0518. The summed E-state index contributed by atoms with van der Waals surface area (Å²) in [6, 6.07) is 16.4. The van der Waals surface area contributed by atoms with Crippen LogP contribution >= 0.6 is 11.8 Å². The molecule has 166 valence electrons. The van der Waals surface area contributed by atoms with Crippen LogP contribution in [0.25, 0.3) is 22.0 Å². The van der Waals surface area contributed by atoms with E-state index in [1.807, 2.05) is 30.3 Å². The zero-order valence-corrected chi connectivity index (χ0v) is 18.3. The van der Waals surface area contributed by atoms with E-state index in [0.717, 1.165) is 11.6 Å². The molecular formula is C25H18F2N2O3S. The minimum absolute atomic E-state index is 0.0520. The van der Waals surface area contributed by atoms with E-state index in [-0.39, 0.29) is 28.6 Å². The lowest BCUT2D eigenvalue weighted by Gasteiger charge is -2.36. The number of halogens is 2. The highest BCUT2D eigenvalue weighted by Crippen LogP contribution is 2.51. The average Bonchev–Trinajstić information content (AvgIpc) is 2.78. The predicted molar refractivity (Wildman–Crippen MR) is 124 cm³/mol. The summed E-state index contributed by atoms with van der Waals surface area (Å²) in [6.07, 6.45) is 0. The zero-order valence-electron chi connectivity index (χ0n) is 17.5. The van der Waals surface area contributed by atoms with Gasteiger partial charge in [0.05, 0.1) is 28.1 Å². The van der Waals surface area contributed by atoms with Crippen LogP contribution in [0, 0.1) is 11.6 Å². The van der Waals surface area contributed by atoms with E-state index < -0.39 is 28.4 Å². The maximum absolute atomic E-state index is 16.0. The number of benzene rings is 3. The van der Waals surface area contributed by atoms with Crippen molar-refractivity contribution in [3.8, 4) is 11.1 Å². The van der Waals surface area contributed by atoms with Crippen LogP contribution in [0.4, 0.5) is 14.5 Å². The molecule has 1 atom stereocenters. The molecule has 0 bridgehead atoms. The number of anilines is 1. The molecule has 3 aromatic carbocycles. The number of nitrogens with zero attached hydrogens (tertiary/aromatic N) is 1. The van der Waals surface area contributed by atoms with Gasteiger partial charge in [0.25, 0.3) is 0 Å². The first-order valence-electron chi connectivity index (χ1n) is 10.3. The molecule has 0 saturated carbocycles. The quantitative estimate of drug-likeness (QED) is 0.325. The number of carbonyl (C=O) groups is 1. The Hall–Kier alpha value is -3.65. The smallest absolute Gasteiger partial charge is 0.344 e. The van der Waals surface area contributed by atoms with Gasteiger partial charge in [-0.25, -0.2) is 13.6 Å². The van der Waals surface area contributed by atoms with Gasteiger partial charge in [-0.3, -0.25) is 4.79 Å². The fraction of sp³-hybridized carbons (Fsp3) is 0.120. The van der Waals surface area contributed by atoms with Crippen molar-refractivity contribution < 1.29 is 18.3 Å². The van der Waals surface area contributed by atoms with E-state index in [9.17, 15) is 9.59 Å². The summed E-state index contributed by atoms with van der Waals surface area (Å²) in [5.41, 5.74) is 6.05. The zero-order chi connectivity index (χ0) is 23.3. The molecule has 1 aromatic heterocycles. The SMILES string of the molecule is CCOC(=O)c1c2n(c3c(F)c(-c4ccc(N)cc4)c(F)cc3c1=O)C(c1ccccc1)S2. The van der Waals surface area contributed by atoms with Crippen LogP contribution in [-0.4, -0.2) is 17.1 Å². The molecule has 0 fully saturated rings. The maximum atomic E-state index is 16.0. The van der Waals surface area contributed by atoms with Crippen LogP contribution in [0.1, 0.15) is 28.2 Å². The summed E-state index contributed by atoms with van der Waals surface area (Å²) in [5.74, 6) is -2.58. The molecule has 0 radical (unpaired) electrons. The van der Waals surface area contributed by atoms with E-state index in [1.54, 1.807) is 23.6 Å². The maximum Gasteiger partial charge on any atom is 0.344 e. The van der Waals surface area contributed by atoms with E-state index in [0.29, 0.717) is 16.3 Å². The Kier molecular flexibility index (Phi) is 5.17. The minimum Gasteiger partial charge on any atom is -0.462 e. The van der Waals surface area contributed by atoms with Gasteiger partial charge in [0.15, 0.2) is 5.82 Å². The number of hydrogen-bond donors (Lipinski definition) is 1. The van der Waals surface area contributed by atoms with Gasteiger partial charge in [0.2, 0.25) is 5.43 Å². The van der Waals surface area contributed by atoms with Gasteiger partial charge in [-0.15, -0.1) is 0 Å². The molecule has 5 nitrogen and oxygen atoms in total. The Morgan fingerprint density at radius 3 is 2.48 bits per heavy atom. The molecule has 0 amide bonds. The van der Waals surface area contributed by atoms with Gasteiger partial charge in [-0.2, -0.15) is 0 Å². The monoisotopic (exact) mass is 464 g/mol. The summed E-state index contributed by atoms with van der Waals surface area (Å²) in [4.78, 5) is 25.8. The van der Waals surface area contributed by atoms with Gasteiger partial charge < -0.3 is 15.0 Å². The number of esters is 1. The standard InChI is InChI=1S/C25H18F2N2O3S/c1-2-32-25(31)19-22(30)16-12-17(26)18(13-8-10-15(28)11-9-13)20(27)21(16)29-23(33-24(19)29)14-6-4-3-5-7-14/h3-12,23H,2,28H2,1H3. The second-order valence-corrected chi connectivity index (χ2v) is 8.62. The van der Waals surface area contributed by atoms with Crippen molar-refractivity contribution in [2.24, 2.45) is 0 Å². The Labute approximate surface area is 191 Å². The lowest BCUT2D eigenvalue weighted by atomic mass is 10.00. The number of nitrogen functional groups attached to an aromatic ring is 1. The molecule has 0 saturated heterocycles. The summed E-state index contributed by atoms with van der Waals surface area (Å²) in [7, 11) is 0. The molecule has 0 spiro atoms. The van der Waals surface area contributed by atoms with Crippen molar-refractivity contribution in [2.45, 2.75) is 17.3 Å². The number of hydrogen-bond acceptors (Lipinski definition) is 5. The Balaban J connectivity index is 1.85. The van der Waals surface area contributed by atoms with Crippen LogP contribution in [0.2, 0.25) is 0 Å². The van der Waals surface area contributed by atoms with Crippen molar-refractivity contribution in [3.05, 3.63) is 93.6 Å². The minimum atomic E-state index is -0.902. The molecule has 4 aromatic rings. The molecule has 0 aliphatic carbocycles. The highest BCUT2D eigenvalue weighted by molar-refractivity contribution is 8.00. The van der Waals surface area contributed by atoms with Crippen molar-refractivity contribution in [1.29, 1.82) is 0 Å². The fourth-order valence-corrected chi connectivity index (χ4v) is 5.32. The van der Waals surface area contributed by atoms with Gasteiger partial charge in [-0.1, -0.05) is 54.2 Å². The molecule has 5 rings (SSSR count). The second kappa shape index (κ2) is 8.04. The molecule has 2 heterocycles. The van der Waals surface area contributed by atoms with Crippen molar-refractivity contribution in [2.75, 3.05) is 12.3 Å². The highest BCUT2D eigenvalue weighted by Gasteiger charge is 2.38. The van der Waals surface area contributed by atoms with E-state index in [1.165, 1.54) is 23.9 Å². The van der Waals surface area contributed by atoms with Crippen LogP contribution in [0.15, 0.2) is 70.5 Å². The second-order valence-electron chi connectivity index (χ2n) is 7.55. The highest BCUT2D eigenvalue weighted by atomic mass is 32.2. The number of rotatable bonds is 4. The van der Waals surface area contributed by atoms with Gasteiger partial charge in [0, 0.05) is 5.69 Å². The number of thioether (sulfide) groups is 1. The largest absolute Gasteiger partial charge is 0.462 e. The lowest BCUT2D eigenvalue weighted by Crippen LogP contribution is -2.31. The molecule has 1 unspecified atom stereocenters. The van der Waals surface area contributed by atoms with Gasteiger partial charge in [-0.05, 0) is 36.2 Å². The number of aromatic nitrogens is 1. The molecular weight excluding hydrogens is 446 g/mol. The predicted octanol–water partition coefficient (Wildman–Crippen LogP) is 5.36. The third-order valence-corrected chi connectivity index (χ3v) is 6.89. The molecule has 2 N–H and O–H groups in total. The van der Waals surface area contributed by atoms with Crippen molar-refractivity contribution in [3.63, 3.8) is 0 Å². The number of fused-ring (bicyclic) bond motifs is 3. The van der Waals surface area contributed by atoms with Crippen LogP contribution in [0.5, 0.6) is 0 Å². The molecule has 33 heavy (non-hydrogen) atoms. The molecule has 1 aliphatic rings. The summed E-state index contributed by atoms with van der Waals surface area (Å²) < 4.78 is 37.8. The third-order valence-electron chi connectivity index (χ3n) is 5.56. The van der Waals surface area contributed by atoms with Crippen LogP contribution in [0.3, 0.4) is 0 Å². The Morgan fingerprint density at radius 1 is 1.12 bits per heavy atom.